The predicted molar refractivity (Wildman–Crippen MR) is 81.0 cm³/mol. The van der Waals surface area contributed by atoms with Gasteiger partial charge < -0.3 is 5.32 Å². The van der Waals surface area contributed by atoms with E-state index < -0.39 is 0 Å². The second-order valence-corrected chi connectivity index (χ2v) is 5.18. The molecule has 0 saturated carbocycles. The molecule has 0 bridgehead atoms. The van der Waals surface area contributed by atoms with Crippen LogP contribution < -0.4 is 5.32 Å². The SMILES string of the molecule is CCNC(c1ccc(Cl)c(Cl)c1)c1cccc(C)n1. The van der Waals surface area contributed by atoms with Crippen LogP contribution in [0.3, 0.4) is 0 Å². The number of nitrogens with one attached hydrogen (secondary N) is 1. The number of nitrogens with zero attached hydrogens (tertiary/aromatic N) is 1. The molecule has 1 atom stereocenters. The molecule has 1 N–H and O–H groups in total. The fraction of sp³-hybridized carbons (Fsp3) is 0.267. The maximum Gasteiger partial charge on any atom is 0.0751 e. The van der Waals surface area contributed by atoms with Gasteiger partial charge in [-0.25, -0.2) is 0 Å². The standard InChI is InChI=1S/C15H16Cl2N2/c1-3-18-15(14-6-4-5-10(2)19-14)11-7-8-12(16)13(17)9-11/h4-9,15,18H,3H2,1-2H3. The van der Waals surface area contributed by atoms with Gasteiger partial charge in [0.15, 0.2) is 0 Å². The van der Waals surface area contributed by atoms with Crippen LogP contribution in [0.5, 0.6) is 0 Å². The predicted octanol–water partition coefficient (Wildman–Crippen LogP) is 4.40. The van der Waals surface area contributed by atoms with Gasteiger partial charge in [-0.3, -0.25) is 4.98 Å². The Morgan fingerprint density at radius 2 is 1.95 bits per heavy atom. The van der Waals surface area contributed by atoms with E-state index in [0.29, 0.717) is 10.0 Å². The maximum atomic E-state index is 6.10. The molecule has 1 aromatic heterocycles. The summed E-state index contributed by atoms with van der Waals surface area (Å²) in [6.07, 6.45) is 0. The highest BCUT2D eigenvalue weighted by Gasteiger charge is 2.15. The molecule has 0 amide bonds. The summed E-state index contributed by atoms with van der Waals surface area (Å²) >= 11 is 12.1. The minimum absolute atomic E-state index is 0.0275. The summed E-state index contributed by atoms with van der Waals surface area (Å²) in [6, 6.07) is 11.7. The lowest BCUT2D eigenvalue weighted by molar-refractivity contribution is 0.614. The molecule has 0 aliphatic carbocycles. The van der Waals surface area contributed by atoms with E-state index in [1.807, 2.05) is 43.3 Å². The van der Waals surface area contributed by atoms with Crippen LogP contribution in [-0.2, 0) is 0 Å². The van der Waals surface area contributed by atoms with Gasteiger partial charge in [-0.05, 0) is 43.3 Å². The smallest absolute Gasteiger partial charge is 0.0751 e. The lowest BCUT2D eigenvalue weighted by atomic mass is 10.0. The van der Waals surface area contributed by atoms with Crippen molar-refractivity contribution in [3.8, 4) is 0 Å². The normalized spacial score (nSPS) is 12.4. The molecule has 0 saturated heterocycles. The van der Waals surface area contributed by atoms with Gasteiger partial charge in [-0.1, -0.05) is 42.3 Å². The van der Waals surface area contributed by atoms with Gasteiger partial charge >= 0.3 is 0 Å². The highest BCUT2D eigenvalue weighted by molar-refractivity contribution is 6.42. The molecular formula is C15H16Cl2N2. The molecule has 1 aromatic carbocycles. The molecule has 2 nitrogen and oxygen atoms in total. The Balaban J connectivity index is 2.42. The van der Waals surface area contributed by atoms with E-state index in [1.165, 1.54) is 0 Å². The lowest BCUT2D eigenvalue weighted by Crippen LogP contribution is -2.23. The zero-order valence-electron chi connectivity index (χ0n) is 11.0. The monoisotopic (exact) mass is 294 g/mol. The van der Waals surface area contributed by atoms with Crippen molar-refractivity contribution >= 4 is 23.2 Å². The molecule has 100 valence electrons. The van der Waals surface area contributed by atoms with E-state index in [-0.39, 0.29) is 6.04 Å². The highest BCUT2D eigenvalue weighted by Crippen LogP contribution is 2.28. The minimum Gasteiger partial charge on any atom is -0.305 e. The summed E-state index contributed by atoms with van der Waals surface area (Å²) in [6.45, 7) is 4.90. The summed E-state index contributed by atoms with van der Waals surface area (Å²) < 4.78 is 0. The van der Waals surface area contributed by atoms with Crippen molar-refractivity contribution in [2.75, 3.05) is 6.54 Å². The molecule has 2 rings (SSSR count). The van der Waals surface area contributed by atoms with Gasteiger partial charge in [0.25, 0.3) is 0 Å². The fourth-order valence-corrected chi connectivity index (χ4v) is 2.32. The number of hydrogen-bond acceptors (Lipinski definition) is 2. The van der Waals surface area contributed by atoms with Crippen molar-refractivity contribution in [1.29, 1.82) is 0 Å². The van der Waals surface area contributed by atoms with E-state index in [1.54, 1.807) is 0 Å². The van der Waals surface area contributed by atoms with Crippen molar-refractivity contribution in [2.45, 2.75) is 19.9 Å². The number of halogens is 2. The molecule has 0 spiro atoms. The summed E-state index contributed by atoms with van der Waals surface area (Å²) in [4.78, 5) is 4.58. The molecule has 0 aliphatic heterocycles. The molecule has 0 fully saturated rings. The van der Waals surface area contributed by atoms with Crippen LogP contribution in [0.1, 0.15) is 29.9 Å². The first-order valence-corrected chi connectivity index (χ1v) is 6.99. The molecule has 1 unspecified atom stereocenters. The first-order valence-electron chi connectivity index (χ1n) is 6.23. The van der Waals surface area contributed by atoms with Crippen LogP contribution in [0.2, 0.25) is 10.0 Å². The quantitative estimate of drug-likeness (QED) is 0.904. The zero-order chi connectivity index (χ0) is 13.8. The van der Waals surface area contributed by atoms with Crippen molar-refractivity contribution in [3.05, 3.63) is 63.4 Å². The average Bonchev–Trinajstić information content (AvgIpc) is 2.39. The van der Waals surface area contributed by atoms with Crippen LogP contribution in [0.4, 0.5) is 0 Å². The van der Waals surface area contributed by atoms with Crippen LogP contribution in [0.15, 0.2) is 36.4 Å². The van der Waals surface area contributed by atoms with Crippen LogP contribution in [0, 0.1) is 6.92 Å². The number of aromatic nitrogens is 1. The van der Waals surface area contributed by atoms with Crippen molar-refractivity contribution < 1.29 is 0 Å². The van der Waals surface area contributed by atoms with Crippen molar-refractivity contribution in [1.82, 2.24) is 10.3 Å². The molecule has 2 aromatic rings. The summed E-state index contributed by atoms with van der Waals surface area (Å²) in [5, 5.41) is 4.56. The van der Waals surface area contributed by atoms with Gasteiger partial charge in [0, 0.05) is 5.69 Å². The lowest BCUT2D eigenvalue weighted by Gasteiger charge is -2.18. The van der Waals surface area contributed by atoms with Gasteiger partial charge in [-0.2, -0.15) is 0 Å². The van der Waals surface area contributed by atoms with E-state index in [0.717, 1.165) is 23.5 Å². The van der Waals surface area contributed by atoms with Gasteiger partial charge in [0.1, 0.15) is 0 Å². The summed E-state index contributed by atoms with van der Waals surface area (Å²) in [5.41, 5.74) is 3.05. The Morgan fingerprint density at radius 3 is 2.58 bits per heavy atom. The van der Waals surface area contributed by atoms with E-state index in [9.17, 15) is 0 Å². The Kier molecular flexibility index (Phi) is 4.81. The van der Waals surface area contributed by atoms with Gasteiger partial charge in [0.05, 0.1) is 21.8 Å². The second kappa shape index (κ2) is 6.38. The molecule has 0 aliphatic rings. The zero-order valence-corrected chi connectivity index (χ0v) is 12.5. The maximum absolute atomic E-state index is 6.10. The number of benzene rings is 1. The molecule has 4 heteroatoms. The topological polar surface area (TPSA) is 24.9 Å². The number of hydrogen-bond donors (Lipinski definition) is 1. The number of pyridine rings is 1. The Morgan fingerprint density at radius 1 is 1.16 bits per heavy atom. The van der Waals surface area contributed by atoms with Crippen LogP contribution in [-0.4, -0.2) is 11.5 Å². The van der Waals surface area contributed by atoms with E-state index in [4.69, 9.17) is 23.2 Å². The third-order valence-corrected chi connectivity index (χ3v) is 3.63. The summed E-state index contributed by atoms with van der Waals surface area (Å²) in [5.74, 6) is 0. The van der Waals surface area contributed by atoms with Crippen LogP contribution in [0.25, 0.3) is 0 Å². The van der Waals surface area contributed by atoms with E-state index >= 15 is 0 Å². The highest BCUT2D eigenvalue weighted by atomic mass is 35.5. The van der Waals surface area contributed by atoms with Crippen molar-refractivity contribution in [3.63, 3.8) is 0 Å². The Hall–Kier alpha value is -1.09. The molecule has 19 heavy (non-hydrogen) atoms. The molecule has 1 heterocycles. The average molecular weight is 295 g/mol. The van der Waals surface area contributed by atoms with E-state index in [2.05, 4.69) is 17.2 Å². The third-order valence-electron chi connectivity index (χ3n) is 2.89. The fourth-order valence-electron chi connectivity index (χ4n) is 2.01. The van der Waals surface area contributed by atoms with Crippen LogP contribution >= 0.6 is 23.2 Å². The Bertz CT molecular complexity index is 570. The number of aryl methyl sites for hydroxylation is 1. The van der Waals surface area contributed by atoms with Gasteiger partial charge in [-0.15, -0.1) is 0 Å². The summed E-state index contributed by atoms with van der Waals surface area (Å²) in [7, 11) is 0. The first-order chi connectivity index (χ1) is 9.11. The number of rotatable bonds is 4. The first kappa shape index (κ1) is 14.3. The Labute approximate surface area is 123 Å². The molecular weight excluding hydrogens is 279 g/mol. The van der Waals surface area contributed by atoms with Crippen molar-refractivity contribution in [2.24, 2.45) is 0 Å². The molecule has 0 radical (unpaired) electrons. The largest absolute Gasteiger partial charge is 0.305 e. The second-order valence-electron chi connectivity index (χ2n) is 4.37. The van der Waals surface area contributed by atoms with Gasteiger partial charge in [0.2, 0.25) is 0 Å². The third kappa shape index (κ3) is 3.47. The minimum atomic E-state index is 0.0275.